The predicted molar refractivity (Wildman–Crippen MR) is 93.2 cm³/mol. The van der Waals surface area contributed by atoms with Crippen molar-refractivity contribution in [1.82, 2.24) is 15.1 Å². The van der Waals surface area contributed by atoms with Gasteiger partial charge in [-0.2, -0.15) is 0 Å². The Kier molecular flexibility index (Phi) is 7.34. The number of nitrogens with zero attached hydrogens (tertiary/aromatic N) is 2. The second-order valence-electron chi connectivity index (χ2n) is 5.72. The van der Waals surface area contributed by atoms with E-state index in [1.165, 1.54) is 0 Å². The first kappa shape index (κ1) is 18.5. The molecule has 0 aromatic heterocycles. The molecule has 2 rings (SSSR count). The number of hydrogen-bond donors (Lipinski definition) is 1. The monoisotopic (exact) mass is 353 g/mol. The molecule has 0 unspecified atom stereocenters. The van der Waals surface area contributed by atoms with Gasteiger partial charge in [0.15, 0.2) is 0 Å². The van der Waals surface area contributed by atoms with Gasteiger partial charge in [-0.1, -0.05) is 23.7 Å². The van der Waals surface area contributed by atoms with Gasteiger partial charge in [-0.3, -0.25) is 4.79 Å². The SMILES string of the molecule is COCCNC(=O)N1CCN(C(=O)CCc2cccc(Cl)c2)CC1. The molecule has 0 spiro atoms. The van der Waals surface area contributed by atoms with Gasteiger partial charge in [0.1, 0.15) is 0 Å². The number of amides is 3. The Morgan fingerprint density at radius 2 is 1.92 bits per heavy atom. The third kappa shape index (κ3) is 5.69. The normalized spacial score (nSPS) is 14.6. The van der Waals surface area contributed by atoms with Crippen molar-refractivity contribution in [1.29, 1.82) is 0 Å². The fourth-order valence-corrected chi connectivity index (χ4v) is 2.85. The molecule has 0 radical (unpaired) electrons. The van der Waals surface area contributed by atoms with E-state index in [0.717, 1.165) is 5.56 Å². The second-order valence-corrected chi connectivity index (χ2v) is 6.16. The van der Waals surface area contributed by atoms with Crippen LogP contribution in [0.5, 0.6) is 0 Å². The summed E-state index contributed by atoms with van der Waals surface area (Å²) in [6, 6.07) is 7.48. The summed E-state index contributed by atoms with van der Waals surface area (Å²) in [5, 5.41) is 3.48. The van der Waals surface area contributed by atoms with E-state index in [9.17, 15) is 9.59 Å². The predicted octanol–water partition coefficient (Wildman–Crippen LogP) is 1.77. The molecule has 1 aliphatic rings. The largest absolute Gasteiger partial charge is 0.383 e. The van der Waals surface area contributed by atoms with Gasteiger partial charge in [-0.05, 0) is 24.1 Å². The van der Waals surface area contributed by atoms with E-state index in [4.69, 9.17) is 16.3 Å². The number of aryl methyl sites for hydroxylation is 1. The second kappa shape index (κ2) is 9.49. The van der Waals surface area contributed by atoms with Crippen molar-refractivity contribution in [3.05, 3.63) is 34.9 Å². The molecule has 1 aromatic carbocycles. The Morgan fingerprint density at radius 3 is 2.58 bits per heavy atom. The minimum absolute atomic E-state index is 0.0990. The maximum Gasteiger partial charge on any atom is 0.317 e. The van der Waals surface area contributed by atoms with E-state index in [-0.39, 0.29) is 11.9 Å². The molecule has 1 aromatic rings. The number of halogens is 1. The lowest BCUT2D eigenvalue weighted by molar-refractivity contribution is -0.132. The summed E-state index contributed by atoms with van der Waals surface area (Å²) in [6.45, 7) is 3.25. The Bertz CT molecular complexity index is 560. The first-order valence-corrected chi connectivity index (χ1v) is 8.52. The Labute approximate surface area is 147 Å². The Balaban J connectivity index is 1.71. The van der Waals surface area contributed by atoms with Crippen LogP contribution in [0.1, 0.15) is 12.0 Å². The zero-order chi connectivity index (χ0) is 17.4. The molecule has 0 atom stereocenters. The van der Waals surface area contributed by atoms with Crippen LogP contribution in [0.2, 0.25) is 5.02 Å². The van der Waals surface area contributed by atoms with Crippen LogP contribution in [-0.4, -0.2) is 68.2 Å². The van der Waals surface area contributed by atoms with Crippen LogP contribution in [0.15, 0.2) is 24.3 Å². The van der Waals surface area contributed by atoms with Crippen molar-refractivity contribution in [3.63, 3.8) is 0 Å². The molecule has 1 aliphatic heterocycles. The van der Waals surface area contributed by atoms with Crippen LogP contribution in [0.25, 0.3) is 0 Å². The number of hydrogen-bond acceptors (Lipinski definition) is 3. The minimum atomic E-state index is -0.0990. The molecule has 1 N–H and O–H groups in total. The third-order valence-electron chi connectivity index (χ3n) is 4.02. The molecule has 1 heterocycles. The third-order valence-corrected chi connectivity index (χ3v) is 4.25. The number of benzene rings is 1. The van der Waals surface area contributed by atoms with Crippen molar-refractivity contribution < 1.29 is 14.3 Å². The fraction of sp³-hybridized carbons (Fsp3) is 0.529. The van der Waals surface area contributed by atoms with E-state index in [1.54, 1.807) is 12.0 Å². The molecule has 0 bridgehead atoms. The summed E-state index contributed by atoms with van der Waals surface area (Å²) in [6.07, 6.45) is 1.14. The molecule has 24 heavy (non-hydrogen) atoms. The topological polar surface area (TPSA) is 61.9 Å². The zero-order valence-electron chi connectivity index (χ0n) is 14.0. The van der Waals surface area contributed by atoms with Gasteiger partial charge < -0.3 is 19.9 Å². The maximum atomic E-state index is 12.3. The number of piperazine rings is 1. The van der Waals surface area contributed by atoms with Crippen molar-refractivity contribution in [2.75, 3.05) is 46.4 Å². The van der Waals surface area contributed by atoms with E-state index in [0.29, 0.717) is 57.2 Å². The fourth-order valence-electron chi connectivity index (χ4n) is 2.63. The zero-order valence-corrected chi connectivity index (χ0v) is 14.7. The van der Waals surface area contributed by atoms with E-state index >= 15 is 0 Å². The average Bonchev–Trinajstić information content (AvgIpc) is 2.60. The van der Waals surface area contributed by atoms with Gasteiger partial charge >= 0.3 is 6.03 Å². The van der Waals surface area contributed by atoms with E-state index in [1.807, 2.05) is 29.2 Å². The van der Waals surface area contributed by atoms with Crippen LogP contribution in [0, 0.1) is 0 Å². The smallest absolute Gasteiger partial charge is 0.317 e. The summed E-state index contributed by atoms with van der Waals surface area (Å²) < 4.78 is 4.90. The highest BCUT2D eigenvalue weighted by molar-refractivity contribution is 6.30. The van der Waals surface area contributed by atoms with Crippen LogP contribution in [0.3, 0.4) is 0 Å². The van der Waals surface area contributed by atoms with Gasteiger partial charge in [0, 0.05) is 51.3 Å². The maximum absolute atomic E-state index is 12.3. The number of rotatable bonds is 6. The van der Waals surface area contributed by atoms with E-state index in [2.05, 4.69) is 5.32 Å². The van der Waals surface area contributed by atoms with Crippen LogP contribution in [0.4, 0.5) is 4.79 Å². The summed E-state index contributed by atoms with van der Waals surface area (Å²) >= 11 is 5.95. The van der Waals surface area contributed by atoms with Crippen molar-refractivity contribution in [2.24, 2.45) is 0 Å². The summed E-state index contributed by atoms with van der Waals surface area (Å²) in [4.78, 5) is 27.8. The molecule has 3 amide bonds. The molecular weight excluding hydrogens is 330 g/mol. The summed E-state index contributed by atoms with van der Waals surface area (Å²) in [5.41, 5.74) is 1.06. The number of ether oxygens (including phenoxy) is 1. The van der Waals surface area contributed by atoms with Crippen molar-refractivity contribution >= 4 is 23.5 Å². The van der Waals surface area contributed by atoms with Crippen LogP contribution in [-0.2, 0) is 16.0 Å². The molecule has 6 nitrogen and oxygen atoms in total. The number of carbonyl (C=O) groups excluding carboxylic acids is 2. The molecule has 1 saturated heterocycles. The molecule has 7 heteroatoms. The standard InChI is InChI=1S/C17H24ClN3O3/c1-24-12-7-19-17(23)21-10-8-20(9-11-21)16(22)6-5-14-3-2-4-15(18)13-14/h2-4,13H,5-12H2,1H3,(H,19,23). The Morgan fingerprint density at radius 1 is 1.21 bits per heavy atom. The lowest BCUT2D eigenvalue weighted by Crippen LogP contribution is -2.53. The Hall–Kier alpha value is -1.79. The molecule has 132 valence electrons. The first-order valence-electron chi connectivity index (χ1n) is 8.14. The van der Waals surface area contributed by atoms with Gasteiger partial charge in [0.2, 0.25) is 5.91 Å². The van der Waals surface area contributed by atoms with Crippen LogP contribution >= 0.6 is 11.6 Å². The van der Waals surface area contributed by atoms with Crippen molar-refractivity contribution in [3.8, 4) is 0 Å². The van der Waals surface area contributed by atoms with Gasteiger partial charge in [0.05, 0.1) is 6.61 Å². The van der Waals surface area contributed by atoms with Crippen molar-refractivity contribution in [2.45, 2.75) is 12.8 Å². The molecular formula is C17H24ClN3O3. The number of nitrogens with one attached hydrogen (secondary N) is 1. The number of urea groups is 1. The molecule has 0 aliphatic carbocycles. The lowest BCUT2D eigenvalue weighted by atomic mass is 10.1. The first-order chi connectivity index (χ1) is 11.6. The highest BCUT2D eigenvalue weighted by atomic mass is 35.5. The van der Waals surface area contributed by atoms with Gasteiger partial charge in [-0.15, -0.1) is 0 Å². The summed E-state index contributed by atoms with van der Waals surface area (Å²) in [5.74, 6) is 0.120. The number of carbonyl (C=O) groups is 2. The summed E-state index contributed by atoms with van der Waals surface area (Å²) in [7, 11) is 1.60. The van der Waals surface area contributed by atoms with Crippen LogP contribution < -0.4 is 5.32 Å². The van der Waals surface area contributed by atoms with Gasteiger partial charge in [0.25, 0.3) is 0 Å². The highest BCUT2D eigenvalue weighted by Crippen LogP contribution is 2.13. The van der Waals surface area contributed by atoms with Gasteiger partial charge in [-0.25, -0.2) is 4.79 Å². The molecule has 1 fully saturated rings. The quantitative estimate of drug-likeness (QED) is 0.793. The lowest BCUT2D eigenvalue weighted by Gasteiger charge is -2.34. The number of methoxy groups -OCH3 is 1. The van der Waals surface area contributed by atoms with E-state index < -0.39 is 0 Å². The highest BCUT2D eigenvalue weighted by Gasteiger charge is 2.23. The molecule has 0 saturated carbocycles. The minimum Gasteiger partial charge on any atom is -0.383 e. The average molecular weight is 354 g/mol.